The highest BCUT2D eigenvalue weighted by atomic mass is 15.5. The third-order valence-corrected chi connectivity index (χ3v) is 7.88. The van der Waals surface area contributed by atoms with Gasteiger partial charge in [0, 0.05) is 21.9 Å². The molecule has 0 bridgehead atoms. The third-order valence-electron chi connectivity index (χ3n) is 7.88. The number of hydrogen-bond acceptors (Lipinski definition) is 6. The van der Waals surface area contributed by atoms with Crippen molar-refractivity contribution in [2.24, 2.45) is 0 Å². The molecule has 5 aromatic carbocycles. The van der Waals surface area contributed by atoms with Gasteiger partial charge in [-0.3, -0.25) is 0 Å². The van der Waals surface area contributed by atoms with Crippen molar-refractivity contribution in [3.63, 3.8) is 0 Å². The molecule has 4 heterocycles. The molecule has 0 aliphatic rings. The van der Waals surface area contributed by atoms with Crippen LogP contribution in [-0.4, -0.2) is 40.0 Å². The summed E-state index contributed by atoms with van der Waals surface area (Å²) >= 11 is 0. The van der Waals surface area contributed by atoms with Crippen LogP contribution >= 0.6 is 0 Å². The summed E-state index contributed by atoms with van der Waals surface area (Å²) in [6.07, 6.45) is 0. The number of hydrogen-bond donors (Lipinski definition) is 0. The summed E-state index contributed by atoms with van der Waals surface area (Å²) in [5, 5.41) is 20.9. The number of para-hydroxylation sites is 2. The number of nitrogens with zero attached hydrogens (tertiary/aromatic N) is 8. The zero-order valence-electron chi connectivity index (χ0n) is 23.3. The Morgan fingerprint density at radius 2 is 0.682 bits per heavy atom. The molecule has 0 radical (unpaired) electrons. The molecule has 0 atom stereocenters. The summed E-state index contributed by atoms with van der Waals surface area (Å²) in [5.41, 5.74) is 10.3. The van der Waals surface area contributed by atoms with E-state index >= 15 is 0 Å². The molecular formula is C36H22N8. The predicted octanol–water partition coefficient (Wildman–Crippen LogP) is 7.58. The highest BCUT2D eigenvalue weighted by Gasteiger charge is 2.15. The molecule has 9 aromatic rings. The number of aromatic nitrogens is 8. The van der Waals surface area contributed by atoms with E-state index in [-0.39, 0.29) is 0 Å². The van der Waals surface area contributed by atoms with E-state index in [2.05, 4.69) is 36.4 Å². The van der Waals surface area contributed by atoms with Crippen molar-refractivity contribution in [3.05, 3.63) is 133 Å². The molecular weight excluding hydrogens is 544 g/mol. The van der Waals surface area contributed by atoms with Crippen LogP contribution < -0.4 is 0 Å². The van der Waals surface area contributed by atoms with E-state index < -0.39 is 0 Å². The van der Waals surface area contributed by atoms with E-state index in [1.165, 1.54) is 0 Å². The maximum absolute atomic E-state index is 5.20. The first-order chi connectivity index (χ1) is 21.8. The van der Waals surface area contributed by atoms with Gasteiger partial charge in [-0.05, 0) is 48.5 Å². The average Bonchev–Trinajstić information content (AvgIpc) is 3.73. The fourth-order valence-electron chi connectivity index (χ4n) is 5.73. The van der Waals surface area contributed by atoms with Gasteiger partial charge in [-0.15, -0.1) is 30.0 Å². The summed E-state index contributed by atoms with van der Waals surface area (Å²) in [6, 6.07) is 44.4. The zero-order chi connectivity index (χ0) is 29.0. The quantitative estimate of drug-likeness (QED) is 0.204. The predicted molar refractivity (Wildman–Crippen MR) is 173 cm³/mol. The minimum Gasteiger partial charge on any atom is -0.245 e. The molecule has 44 heavy (non-hydrogen) atoms. The van der Waals surface area contributed by atoms with Gasteiger partial charge in [-0.2, -0.15) is 0 Å². The summed E-state index contributed by atoms with van der Waals surface area (Å²) in [4.78, 5) is 13.8. The van der Waals surface area contributed by atoms with Gasteiger partial charge in [0.25, 0.3) is 0 Å². The van der Waals surface area contributed by atoms with Crippen LogP contribution in [0.1, 0.15) is 0 Å². The summed E-state index contributed by atoms with van der Waals surface area (Å²) < 4.78 is 0. The highest BCUT2D eigenvalue weighted by molar-refractivity contribution is 6.04. The minimum atomic E-state index is 0.821. The number of rotatable bonds is 4. The van der Waals surface area contributed by atoms with Gasteiger partial charge in [0.05, 0.1) is 33.8 Å². The number of benzene rings is 5. The largest absolute Gasteiger partial charge is 0.245 e. The van der Waals surface area contributed by atoms with Crippen molar-refractivity contribution in [2.45, 2.75) is 0 Å². The van der Waals surface area contributed by atoms with Crippen LogP contribution in [0, 0.1) is 0 Å². The molecule has 0 saturated heterocycles. The van der Waals surface area contributed by atoms with Crippen LogP contribution in [0.15, 0.2) is 133 Å². The topological polar surface area (TPSA) is 87.2 Å². The first kappa shape index (κ1) is 24.3. The zero-order valence-corrected chi connectivity index (χ0v) is 23.3. The van der Waals surface area contributed by atoms with Crippen molar-refractivity contribution in [3.8, 4) is 33.9 Å². The van der Waals surface area contributed by atoms with E-state index in [9.17, 15) is 0 Å². The molecule has 0 aliphatic heterocycles. The molecule has 0 spiro atoms. The molecule has 4 aromatic heterocycles. The molecule has 0 N–H and O–H groups in total. The molecule has 8 nitrogen and oxygen atoms in total. The Balaban J connectivity index is 1.20. The standard InChI is InChI=1S/C36H22N8/c1-7-15-33(43-39-29-11-3-4-12-30(29)40-43)25(9-1)27-21-19-23-17-18-24-20-22-28(38-36(24)35(23)37-27)26-10-2-8-16-34(26)44-41-31-13-5-6-14-32(31)42-44/h1-22H. The molecule has 8 heteroatoms. The second-order valence-corrected chi connectivity index (χ2v) is 10.6. The molecule has 0 unspecified atom stereocenters. The molecule has 0 fully saturated rings. The normalized spacial score (nSPS) is 11.6. The van der Waals surface area contributed by atoms with Crippen LogP contribution in [0.25, 0.3) is 77.8 Å². The van der Waals surface area contributed by atoms with Crippen molar-refractivity contribution >= 4 is 43.9 Å². The van der Waals surface area contributed by atoms with Crippen molar-refractivity contribution in [1.29, 1.82) is 0 Å². The van der Waals surface area contributed by atoms with Gasteiger partial charge in [0.15, 0.2) is 0 Å². The number of pyridine rings is 2. The highest BCUT2D eigenvalue weighted by Crippen LogP contribution is 2.32. The Kier molecular flexibility index (Phi) is 5.33. The lowest BCUT2D eigenvalue weighted by Crippen LogP contribution is -2.02. The average molecular weight is 567 g/mol. The van der Waals surface area contributed by atoms with Crippen molar-refractivity contribution < 1.29 is 0 Å². The van der Waals surface area contributed by atoms with Crippen LogP contribution in [-0.2, 0) is 0 Å². The van der Waals surface area contributed by atoms with Crippen molar-refractivity contribution in [1.82, 2.24) is 40.0 Å². The lowest BCUT2D eigenvalue weighted by molar-refractivity contribution is 0.767. The maximum atomic E-state index is 5.20. The lowest BCUT2D eigenvalue weighted by Gasteiger charge is -2.11. The lowest BCUT2D eigenvalue weighted by atomic mass is 10.0. The Bertz CT molecular complexity index is 2280. The van der Waals surface area contributed by atoms with Gasteiger partial charge in [-0.25, -0.2) is 9.97 Å². The molecule has 0 amide bonds. The molecule has 0 aliphatic carbocycles. The van der Waals surface area contributed by atoms with Gasteiger partial charge < -0.3 is 0 Å². The van der Waals surface area contributed by atoms with E-state index in [4.69, 9.17) is 30.4 Å². The first-order valence-electron chi connectivity index (χ1n) is 14.3. The monoisotopic (exact) mass is 566 g/mol. The van der Waals surface area contributed by atoms with E-state index in [1.807, 2.05) is 97.1 Å². The second-order valence-electron chi connectivity index (χ2n) is 10.6. The van der Waals surface area contributed by atoms with Gasteiger partial charge in [0.1, 0.15) is 22.1 Å². The van der Waals surface area contributed by atoms with Crippen LogP contribution in [0.4, 0.5) is 0 Å². The maximum Gasteiger partial charge on any atom is 0.113 e. The minimum absolute atomic E-state index is 0.821. The summed E-state index contributed by atoms with van der Waals surface area (Å²) in [5.74, 6) is 0. The first-order valence-corrected chi connectivity index (χ1v) is 14.3. The van der Waals surface area contributed by atoms with Crippen LogP contribution in [0.3, 0.4) is 0 Å². The van der Waals surface area contributed by atoms with Crippen LogP contribution in [0.2, 0.25) is 0 Å². The molecule has 0 saturated carbocycles. The summed E-state index contributed by atoms with van der Waals surface area (Å²) in [6.45, 7) is 0. The van der Waals surface area contributed by atoms with E-state index in [1.54, 1.807) is 9.59 Å². The fraction of sp³-hybridized carbons (Fsp3) is 0. The van der Waals surface area contributed by atoms with Crippen LogP contribution in [0.5, 0.6) is 0 Å². The fourth-order valence-corrected chi connectivity index (χ4v) is 5.73. The Morgan fingerprint density at radius 1 is 0.341 bits per heavy atom. The molecule has 206 valence electrons. The smallest absolute Gasteiger partial charge is 0.113 e. The number of fused-ring (bicyclic) bond motifs is 5. The third kappa shape index (κ3) is 3.93. The SMILES string of the molecule is c1ccc(-n2nc3ccccc3n2)c(-c2ccc3ccc4ccc(-c5ccccc5-n5nc6ccccc6n5)nc4c3n2)c1. The van der Waals surface area contributed by atoms with Gasteiger partial charge >= 0.3 is 0 Å². The second kappa shape index (κ2) is 9.64. The Labute approximate surface area is 250 Å². The van der Waals surface area contributed by atoms with Gasteiger partial charge in [-0.1, -0.05) is 84.9 Å². The Morgan fingerprint density at radius 3 is 1.09 bits per heavy atom. The van der Waals surface area contributed by atoms with Gasteiger partial charge in [0.2, 0.25) is 0 Å². The summed E-state index contributed by atoms with van der Waals surface area (Å²) in [7, 11) is 0. The Hall–Kier alpha value is -6.28. The van der Waals surface area contributed by atoms with E-state index in [0.29, 0.717) is 0 Å². The molecule has 9 rings (SSSR count). The van der Waals surface area contributed by atoms with Crippen molar-refractivity contribution in [2.75, 3.05) is 0 Å². The van der Waals surface area contributed by atoms with E-state index in [0.717, 1.165) is 77.8 Å².